The number of nitrogens with two attached hydrogens (primary N) is 1. The zero-order valence-corrected chi connectivity index (χ0v) is 12.5. The van der Waals surface area contributed by atoms with Gasteiger partial charge in [0.15, 0.2) is 0 Å². The molecule has 1 aliphatic carbocycles. The Hall–Kier alpha value is -1.35. The fourth-order valence-corrected chi connectivity index (χ4v) is 2.90. The number of benzene rings is 1. The van der Waals surface area contributed by atoms with Gasteiger partial charge in [-0.25, -0.2) is 0 Å². The molecule has 0 aromatic heterocycles. The van der Waals surface area contributed by atoms with E-state index in [0.717, 1.165) is 25.7 Å². The van der Waals surface area contributed by atoms with Gasteiger partial charge in [-0.1, -0.05) is 44.2 Å². The summed E-state index contributed by atoms with van der Waals surface area (Å²) in [5.74, 6) is 0.835. The number of hydrogen-bond acceptors (Lipinski definition) is 2. The summed E-state index contributed by atoms with van der Waals surface area (Å²) in [5.41, 5.74) is 7.31. The van der Waals surface area contributed by atoms with Crippen molar-refractivity contribution >= 4 is 5.91 Å². The Labute approximate surface area is 121 Å². The molecule has 1 atom stereocenters. The van der Waals surface area contributed by atoms with E-state index in [2.05, 4.69) is 35.6 Å². The normalized spacial score (nSPS) is 24.4. The highest BCUT2D eigenvalue weighted by Gasteiger charge is 2.25. The van der Waals surface area contributed by atoms with Crippen LogP contribution in [0, 0.1) is 5.92 Å². The van der Waals surface area contributed by atoms with Gasteiger partial charge in [0, 0.05) is 6.04 Å². The molecule has 2 rings (SSSR count). The van der Waals surface area contributed by atoms with Gasteiger partial charge in [0.1, 0.15) is 0 Å². The number of amides is 1. The van der Waals surface area contributed by atoms with Crippen LogP contribution in [-0.2, 0) is 4.79 Å². The molecule has 20 heavy (non-hydrogen) atoms. The van der Waals surface area contributed by atoms with Crippen LogP contribution >= 0.6 is 0 Å². The monoisotopic (exact) mass is 274 g/mol. The Morgan fingerprint density at radius 3 is 2.30 bits per heavy atom. The molecule has 1 aromatic carbocycles. The van der Waals surface area contributed by atoms with Gasteiger partial charge in [-0.3, -0.25) is 4.79 Å². The minimum Gasteiger partial charge on any atom is -0.352 e. The van der Waals surface area contributed by atoms with Crippen molar-refractivity contribution in [3.8, 4) is 0 Å². The van der Waals surface area contributed by atoms with Crippen LogP contribution in [0.3, 0.4) is 0 Å². The molecule has 0 spiro atoms. The third-order valence-electron chi connectivity index (χ3n) is 4.37. The van der Waals surface area contributed by atoms with Gasteiger partial charge in [-0.05, 0) is 43.1 Å². The van der Waals surface area contributed by atoms with Crippen molar-refractivity contribution in [3.63, 3.8) is 0 Å². The number of nitrogens with one attached hydrogen (secondary N) is 1. The van der Waals surface area contributed by atoms with Crippen LogP contribution in [0.15, 0.2) is 30.3 Å². The molecule has 0 aliphatic heterocycles. The Morgan fingerprint density at radius 1 is 1.15 bits per heavy atom. The topological polar surface area (TPSA) is 55.1 Å². The SMILES string of the molecule is CC(C)[C@@H](N)C(=O)NC1CCC(c2ccccc2)CC1. The summed E-state index contributed by atoms with van der Waals surface area (Å²) in [7, 11) is 0. The second-order valence-electron chi connectivity index (χ2n) is 6.24. The van der Waals surface area contributed by atoms with Crippen molar-refractivity contribution in [3.05, 3.63) is 35.9 Å². The minimum atomic E-state index is -0.387. The second-order valence-corrected chi connectivity index (χ2v) is 6.24. The average Bonchev–Trinajstić information content (AvgIpc) is 2.48. The van der Waals surface area contributed by atoms with E-state index in [1.54, 1.807) is 0 Å². The van der Waals surface area contributed by atoms with Crippen LogP contribution in [0.5, 0.6) is 0 Å². The van der Waals surface area contributed by atoms with Gasteiger partial charge in [0.2, 0.25) is 5.91 Å². The highest BCUT2D eigenvalue weighted by Crippen LogP contribution is 2.32. The number of carbonyl (C=O) groups is 1. The van der Waals surface area contributed by atoms with Crippen molar-refractivity contribution in [2.75, 3.05) is 0 Å². The van der Waals surface area contributed by atoms with E-state index >= 15 is 0 Å². The summed E-state index contributed by atoms with van der Waals surface area (Å²) in [4.78, 5) is 12.0. The molecule has 0 saturated heterocycles. The molecule has 0 bridgehead atoms. The largest absolute Gasteiger partial charge is 0.352 e. The summed E-state index contributed by atoms with van der Waals surface area (Å²) in [6.45, 7) is 3.97. The summed E-state index contributed by atoms with van der Waals surface area (Å²) in [6.07, 6.45) is 4.39. The van der Waals surface area contributed by atoms with Crippen LogP contribution in [0.1, 0.15) is 51.0 Å². The lowest BCUT2D eigenvalue weighted by Crippen LogP contribution is -2.48. The molecular weight excluding hydrogens is 248 g/mol. The maximum atomic E-state index is 12.0. The highest BCUT2D eigenvalue weighted by molar-refractivity contribution is 5.82. The van der Waals surface area contributed by atoms with Crippen LogP contribution < -0.4 is 11.1 Å². The Morgan fingerprint density at radius 2 is 1.75 bits per heavy atom. The van der Waals surface area contributed by atoms with Gasteiger partial charge >= 0.3 is 0 Å². The molecule has 1 aromatic rings. The van der Waals surface area contributed by atoms with Crippen molar-refractivity contribution in [1.29, 1.82) is 0 Å². The van der Waals surface area contributed by atoms with Crippen LogP contribution in [0.25, 0.3) is 0 Å². The van der Waals surface area contributed by atoms with E-state index in [-0.39, 0.29) is 17.9 Å². The molecular formula is C17H26N2O. The van der Waals surface area contributed by atoms with E-state index in [4.69, 9.17) is 5.73 Å². The van der Waals surface area contributed by atoms with Crippen molar-refractivity contribution in [2.24, 2.45) is 11.7 Å². The Kier molecular flexibility index (Phi) is 5.18. The predicted octanol–water partition coefficient (Wildman–Crippen LogP) is 2.81. The van der Waals surface area contributed by atoms with E-state index in [0.29, 0.717) is 12.0 Å². The van der Waals surface area contributed by atoms with Crippen LogP contribution in [0.4, 0.5) is 0 Å². The molecule has 3 nitrogen and oxygen atoms in total. The van der Waals surface area contributed by atoms with E-state index in [1.165, 1.54) is 5.56 Å². The quantitative estimate of drug-likeness (QED) is 0.887. The fraction of sp³-hybridized carbons (Fsp3) is 0.588. The lowest BCUT2D eigenvalue weighted by atomic mass is 9.81. The van der Waals surface area contributed by atoms with E-state index in [1.807, 2.05) is 13.8 Å². The molecule has 0 unspecified atom stereocenters. The number of hydrogen-bond donors (Lipinski definition) is 2. The highest BCUT2D eigenvalue weighted by atomic mass is 16.2. The molecule has 1 fully saturated rings. The fourth-order valence-electron chi connectivity index (χ4n) is 2.90. The number of carbonyl (C=O) groups excluding carboxylic acids is 1. The van der Waals surface area contributed by atoms with Crippen molar-refractivity contribution < 1.29 is 4.79 Å². The van der Waals surface area contributed by atoms with Gasteiger partial charge in [0.05, 0.1) is 6.04 Å². The predicted molar refractivity (Wildman–Crippen MR) is 82.4 cm³/mol. The van der Waals surface area contributed by atoms with Crippen molar-refractivity contribution in [2.45, 2.75) is 57.5 Å². The number of rotatable bonds is 4. The first-order valence-electron chi connectivity index (χ1n) is 7.69. The first-order chi connectivity index (χ1) is 9.58. The molecule has 1 saturated carbocycles. The maximum absolute atomic E-state index is 12.0. The first kappa shape index (κ1) is 15.0. The van der Waals surface area contributed by atoms with Gasteiger partial charge in [-0.2, -0.15) is 0 Å². The van der Waals surface area contributed by atoms with E-state index < -0.39 is 0 Å². The summed E-state index contributed by atoms with van der Waals surface area (Å²) in [6, 6.07) is 10.6. The molecule has 0 heterocycles. The smallest absolute Gasteiger partial charge is 0.237 e. The first-order valence-corrected chi connectivity index (χ1v) is 7.69. The van der Waals surface area contributed by atoms with Gasteiger partial charge in [-0.15, -0.1) is 0 Å². The molecule has 1 aliphatic rings. The molecule has 0 radical (unpaired) electrons. The van der Waals surface area contributed by atoms with Crippen LogP contribution in [-0.4, -0.2) is 18.0 Å². The zero-order chi connectivity index (χ0) is 14.5. The van der Waals surface area contributed by atoms with Gasteiger partial charge < -0.3 is 11.1 Å². The summed E-state index contributed by atoms with van der Waals surface area (Å²) in [5, 5.41) is 3.11. The average molecular weight is 274 g/mol. The third kappa shape index (κ3) is 3.83. The van der Waals surface area contributed by atoms with Gasteiger partial charge in [0.25, 0.3) is 0 Å². The summed E-state index contributed by atoms with van der Waals surface area (Å²) < 4.78 is 0. The summed E-state index contributed by atoms with van der Waals surface area (Å²) >= 11 is 0. The van der Waals surface area contributed by atoms with E-state index in [9.17, 15) is 4.79 Å². The molecule has 3 heteroatoms. The molecule has 1 amide bonds. The third-order valence-corrected chi connectivity index (χ3v) is 4.37. The maximum Gasteiger partial charge on any atom is 0.237 e. The lowest BCUT2D eigenvalue weighted by molar-refractivity contribution is -0.124. The molecule has 110 valence electrons. The van der Waals surface area contributed by atoms with Crippen molar-refractivity contribution in [1.82, 2.24) is 5.32 Å². The van der Waals surface area contributed by atoms with Crippen LogP contribution in [0.2, 0.25) is 0 Å². The Balaban J connectivity index is 1.81. The Bertz CT molecular complexity index is 422. The minimum absolute atomic E-state index is 0.00293. The second kappa shape index (κ2) is 6.89. The zero-order valence-electron chi connectivity index (χ0n) is 12.5. The standard InChI is InChI=1S/C17H26N2O/c1-12(2)16(18)17(20)19-15-10-8-14(9-11-15)13-6-4-3-5-7-13/h3-7,12,14-16H,8-11,18H2,1-2H3,(H,19,20)/t14?,15?,16-/m1/s1. The molecule has 3 N–H and O–H groups in total. The lowest BCUT2D eigenvalue weighted by Gasteiger charge is -2.30.